The van der Waals surface area contributed by atoms with Crippen molar-refractivity contribution < 1.29 is 9.47 Å². The molecule has 3 N–H and O–H groups in total. The normalized spacial score (nSPS) is 12.3. The molecule has 1 aromatic heterocycles. The molecule has 0 amide bonds. The Labute approximate surface area is 146 Å². The van der Waals surface area contributed by atoms with Crippen molar-refractivity contribution in [3.63, 3.8) is 0 Å². The topological polar surface area (TPSA) is 60.3 Å². The molecule has 1 heterocycles. The number of benzene rings is 2. The lowest BCUT2D eigenvalue weighted by molar-refractivity contribution is 0.354. The zero-order valence-corrected chi connectivity index (χ0v) is 14.6. The van der Waals surface area contributed by atoms with Crippen molar-refractivity contribution in [1.29, 1.82) is 0 Å². The van der Waals surface area contributed by atoms with Crippen molar-refractivity contribution >= 4 is 22.5 Å². The van der Waals surface area contributed by atoms with Gasteiger partial charge in [0, 0.05) is 28.0 Å². The minimum absolute atomic E-state index is 0.190. The van der Waals surface area contributed by atoms with Crippen LogP contribution < -0.4 is 15.2 Å². The third kappa shape index (κ3) is 3.21. The summed E-state index contributed by atoms with van der Waals surface area (Å²) < 4.78 is 10.7. The summed E-state index contributed by atoms with van der Waals surface area (Å²) in [6.07, 6.45) is 2.84. The molecule has 1 atom stereocenters. The first kappa shape index (κ1) is 16.7. The van der Waals surface area contributed by atoms with E-state index >= 15 is 0 Å². The first-order valence-corrected chi connectivity index (χ1v) is 8.21. The molecule has 5 heteroatoms. The molecule has 24 heavy (non-hydrogen) atoms. The Bertz CT molecular complexity index is 844. The molecule has 0 radical (unpaired) electrons. The van der Waals surface area contributed by atoms with Gasteiger partial charge in [-0.05, 0) is 54.4 Å². The fourth-order valence-corrected chi connectivity index (χ4v) is 3.24. The lowest BCUT2D eigenvalue weighted by Crippen LogP contribution is -2.14. The predicted molar refractivity (Wildman–Crippen MR) is 98.4 cm³/mol. The average molecular weight is 345 g/mol. The standard InChI is InChI=1S/C19H21ClN2O2/c1-23-18-6-3-12(8-19(18)24-2)7-13(10-21)16-11-22-17-5-4-14(20)9-15(16)17/h3-6,8-9,11,13,22H,7,10,21H2,1-2H3. The number of aromatic amines is 1. The number of fused-ring (bicyclic) bond motifs is 1. The predicted octanol–water partition coefficient (Wildman–Crippen LogP) is 4.12. The number of nitrogens with two attached hydrogens (primary N) is 1. The van der Waals surface area contributed by atoms with Crippen LogP contribution in [0.1, 0.15) is 17.0 Å². The highest BCUT2D eigenvalue weighted by Gasteiger charge is 2.16. The maximum absolute atomic E-state index is 6.15. The van der Waals surface area contributed by atoms with Crippen LogP contribution in [0.4, 0.5) is 0 Å². The lowest BCUT2D eigenvalue weighted by Gasteiger charge is -2.16. The van der Waals surface area contributed by atoms with Crippen molar-refractivity contribution in [1.82, 2.24) is 4.98 Å². The van der Waals surface area contributed by atoms with Gasteiger partial charge in [-0.1, -0.05) is 17.7 Å². The van der Waals surface area contributed by atoms with Crippen LogP contribution in [-0.4, -0.2) is 25.7 Å². The first-order valence-electron chi connectivity index (χ1n) is 7.83. The Hall–Kier alpha value is -2.17. The molecule has 0 aliphatic rings. The Morgan fingerprint density at radius 3 is 2.58 bits per heavy atom. The number of aromatic nitrogens is 1. The highest BCUT2D eigenvalue weighted by molar-refractivity contribution is 6.31. The minimum Gasteiger partial charge on any atom is -0.493 e. The molecule has 0 aliphatic carbocycles. The van der Waals surface area contributed by atoms with E-state index in [9.17, 15) is 0 Å². The van der Waals surface area contributed by atoms with Gasteiger partial charge in [-0.15, -0.1) is 0 Å². The zero-order chi connectivity index (χ0) is 17.1. The maximum atomic E-state index is 6.15. The fraction of sp³-hybridized carbons (Fsp3) is 0.263. The second-order valence-electron chi connectivity index (χ2n) is 5.76. The largest absolute Gasteiger partial charge is 0.493 e. The van der Waals surface area contributed by atoms with Gasteiger partial charge < -0.3 is 20.2 Å². The molecule has 1 unspecified atom stereocenters. The van der Waals surface area contributed by atoms with Crippen LogP contribution >= 0.6 is 11.6 Å². The van der Waals surface area contributed by atoms with Crippen molar-refractivity contribution in [3.8, 4) is 11.5 Å². The van der Waals surface area contributed by atoms with E-state index in [0.717, 1.165) is 39.4 Å². The summed E-state index contributed by atoms with van der Waals surface area (Å²) in [6.45, 7) is 0.549. The molecule has 3 rings (SSSR count). The summed E-state index contributed by atoms with van der Waals surface area (Å²) in [5, 5.41) is 1.85. The van der Waals surface area contributed by atoms with E-state index in [1.165, 1.54) is 5.56 Å². The molecule has 0 saturated carbocycles. The fourth-order valence-electron chi connectivity index (χ4n) is 3.06. The Kier molecular flexibility index (Phi) is 4.97. The van der Waals surface area contributed by atoms with Gasteiger partial charge >= 0.3 is 0 Å². The summed E-state index contributed by atoms with van der Waals surface area (Å²) in [5.41, 5.74) is 9.47. The van der Waals surface area contributed by atoms with Crippen LogP contribution in [0.5, 0.6) is 11.5 Å². The van der Waals surface area contributed by atoms with E-state index in [2.05, 4.69) is 4.98 Å². The SMILES string of the molecule is COc1ccc(CC(CN)c2c[nH]c3ccc(Cl)cc23)cc1OC. The third-order valence-corrected chi connectivity index (χ3v) is 4.57. The minimum atomic E-state index is 0.190. The molecule has 4 nitrogen and oxygen atoms in total. The van der Waals surface area contributed by atoms with Crippen molar-refractivity contribution in [3.05, 3.63) is 58.7 Å². The van der Waals surface area contributed by atoms with Gasteiger partial charge in [0.05, 0.1) is 14.2 Å². The Morgan fingerprint density at radius 1 is 1.08 bits per heavy atom. The third-order valence-electron chi connectivity index (χ3n) is 4.33. The van der Waals surface area contributed by atoms with Crippen LogP contribution in [0.25, 0.3) is 10.9 Å². The van der Waals surface area contributed by atoms with Gasteiger partial charge in [0.25, 0.3) is 0 Å². The molecule has 3 aromatic rings. The van der Waals surface area contributed by atoms with E-state index < -0.39 is 0 Å². The molecular formula is C19H21ClN2O2. The molecule has 2 aromatic carbocycles. The number of ether oxygens (including phenoxy) is 2. The summed E-state index contributed by atoms with van der Waals surface area (Å²) in [6, 6.07) is 11.8. The quantitative estimate of drug-likeness (QED) is 0.707. The summed E-state index contributed by atoms with van der Waals surface area (Å²) >= 11 is 6.15. The van der Waals surface area contributed by atoms with E-state index in [1.54, 1.807) is 14.2 Å². The van der Waals surface area contributed by atoms with E-state index in [1.807, 2.05) is 42.6 Å². The van der Waals surface area contributed by atoms with E-state index in [4.69, 9.17) is 26.8 Å². The monoisotopic (exact) mass is 344 g/mol. The second kappa shape index (κ2) is 7.16. The van der Waals surface area contributed by atoms with Gasteiger partial charge in [0.15, 0.2) is 11.5 Å². The number of hydrogen-bond donors (Lipinski definition) is 2. The molecule has 126 valence electrons. The summed E-state index contributed by atoms with van der Waals surface area (Å²) in [5.74, 6) is 1.65. The smallest absolute Gasteiger partial charge is 0.160 e. The number of halogens is 1. The first-order chi connectivity index (χ1) is 11.7. The molecule has 0 aliphatic heterocycles. The van der Waals surface area contributed by atoms with Crippen LogP contribution in [-0.2, 0) is 6.42 Å². The highest BCUT2D eigenvalue weighted by atomic mass is 35.5. The number of H-pyrrole nitrogens is 1. The summed E-state index contributed by atoms with van der Waals surface area (Å²) in [4.78, 5) is 3.30. The van der Waals surface area contributed by atoms with Gasteiger partial charge in [0.2, 0.25) is 0 Å². The molecule has 0 spiro atoms. The molecule has 0 bridgehead atoms. The van der Waals surface area contributed by atoms with Crippen molar-refractivity contribution in [2.24, 2.45) is 5.73 Å². The highest BCUT2D eigenvalue weighted by Crippen LogP contribution is 2.32. The molecule has 0 fully saturated rings. The average Bonchev–Trinajstić information content (AvgIpc) is 3.02. The number of hydrogen-bond acceptors (Lipinski definition) is 3. The Balaban J connectivity index is 1.93. The van der Waals surface area contributed by atoms with Crippen LogP contribution in [0.2, 0.25) is 5.02 Å². The van der Waals surface area contributed by atoms with Gasteiger partial charge in [-0.3, -0.25) is 0 Å². The van der Waals surface area contributed by atoms with Gasteiger partial charge in [-0.2, -0.15) is 0 Å². The van der Waals surface area contributed by atoms with Crippen LogP contribution in [0.3, 0.4) is 0 Å². The van der Waals surface area contributed by atoms with E-state index in [-0.39, 0.29) is 5.92 Å². The number of rotatable bonds is 6. The zero-order valence-electron chi connectivity index (χ0n) is 13.8. The van der Waals surface area contributed by atoms with Crippen molar-refractivity contribution in [2.75, 3.05) is 20.8 Å². The van der Waals surface area contributed by atoms with Gasteiger partial charge in [0.1, 0.15) is 0 Å². The summed E-state index contributed by atoms with van der Waals surface area (Å²) in [7, 11) is 3.28. The Morgan fingerprint density at radius 2 is 1.88 bits per heavy atom. The molecular weight excluding hydrogens is 324 g/mol. The second-order valence-corrected chi connectivity index (χ2v) is 6.20. The van der Waals surface area contributed by atoms with Crippen LogP contribution in [0, 0.1) is 0 Å². The van der Waals surface area contributed by atoms with Crippen LogP contribution in [0.15, 0.2) is 42.6 Å². The molecule has 0 saturated heterocycles. The van der Waals surface area contributed by atoms with Crippen molar-refractivity contribution in [2.45, 2.75) is 12.3 Å². The number of nitrogens with one attached hydrogen (secondary N) is 1. The number of methoxy groups -OCH3 is 2. The van der Waals surface area contributed by atoms with Gasteiger partial charge in [-0.25, -0.2) is 0 Å². The maximum Gasteiger partial charge on any atom is 0.160 e. The lowest BCUT2D eigenvalue weighted by atomic mass is 9.91. The van der Waals surface area contributed by atoms with E-state index in [0.29, 0.717) is 6.54 Å².